The number of ether oxygens (including phenoxy) is 3. The first kappa shape index (κ1) is 36.6. The zero-order valence-corrected chi connectivity index (χ0v) is 34.9. The van der Waals surface area contributed by atoms with E-state index in [0.717, 1.165) is 107 Å². The number of aromatic nitrogens is 4. The van der Waals surface area contributed by atoms with E-state index in [1.54, 1.807) is 33.5 Å². The third-order valence-electron chi connectivity index (χ3n) is 10.8. The minimum Gasteiger partial charge on any atom is -0.497 e. The van der Waals surface area contributed by atoms with E-state index in [9.17, 15) is 9.90 Å². The topological polar surface area (TPSA) is 99.6 Å². The predicted molar refractivity (Wildman–Crippen MR) is 225 cm³/mol. The van der Waals surface area contributed by atoms with Crippen molar-refractivity contribution in [3.8, 4) is 61.8 Å². The molecule has 4 aromatic heterocycles. The normalized spacial score (nSPS) is 11.9. The number of carbonyl (C=O) groups is 1. The molecule has 9 nitrogen and oxygen atoms in total. The molecule has 0 radical (unpaired) electrons. The average molecular weight is 812 g/mol. The van der Waals surface area contributed by atoms with Crippen LogP contribution in [0.25, 0.3) is 90.9 Å². The van der Waals surface area contributed by atoms with Crippen molar-refractivity contribution in [2.24, 2.45) is 0 Å². The summed E-state index contributed by atoms with van der Waals surface area (Å²) in [5.74, 6) is 1.28. The van der Waals surface area contributed by atoms with E-state index in [1.165, 1.54) is 0 Å². The smallest absolute Gasteiger partial charge is 0.497 e. The summed E-state index contributed by atoms with van der Waals surface area (Å²) >= 11 is 0. The molecule has 0 saturated carbocycles. The number of hydrogen-bond acceptors (Lipinski definition) is 6. The van der Waals surface area contributed by atoms with Gasteiger partial charge in [0, 0.05) is 22.3 Å². The molecule has 58 heavy (non-hydrogen) atoms. The van der Waals surface area contributed by atoms with Gasteiger partial charge in [-0.1, -0.05) is 48.5 Å². The van der Waals surface area contributed by atoms with Gasteiger partial charge in [-0.15, -0.1) is 0 Å². The first-order chi connectivity index (χ1) is 27.9. The van der Waals surface area contributed by atoms with Crippen LogP contribution in [0.1, 0.15) is 33.1 Å². The SMILES string of the molecule is COc1ccc(-c2c3nc(c(-c4ccc(OC)cc4)c4ccc5c(-c6ccc(C(=O)O)cc6)c6nc(c(-c7ccc(OC)cc7)c7ccc2n7n45)C=C6)C=C3)cc1.[Zn+2]. The summed E-state index contributed by atoms with van der Waals surface area (Å²) in [6, 6.07) is 39.8. The Hall–Kier alpha value is -7.03. The maximum atomic E-state index is 12.0. The van der Waals surface area contributed by atoms with Gasteiger partial charge >= 0.3 is 25.4 Å². The first-order valence-electron chi connectivity index (χ1n) is 18.4. The quantitative estimate of drug-likeness (QED) is 0.153. The molecule has 10 rings (SSSR count). The van der Waals surface area contributed by atoms with Crippen molar-refractivity contribution >= 4 is 52.3 Å². The molecule has 2 aliphatic heterocycles. The fourth-order valence-corrected chi connectivity index (χ4v) is 8.09. The molecule has 10 heteroatoms. The summed E-state index contributed by atoms with van der Waals surface area (Å²) in [6.45, 7) is 0. The third kappa shape index (κ3) is 5.84. The molecule has 276 valence electrons. The van der Waals surface area contributed by atoms with Gasteiger partial charge in [0.1, 0.15) is 17.2 Å². The van der Waals surface area contributed by atoms with Crippen LogP contribution >= 0.6 is 0 Å². The van der Waals surface area contributed by atoms with E-state index < -0.39 is 5.97 Å². The van der Waals surface area contributed by atoms with Crippen molar-refractivity contribution < 1.29 is 43.6 Å². The molecule has 0 fully saturated rings. The number of aromatic carboxylic acids is 1. The largest absolute Gasteiger partial charge is 2.00 e. The maximum absolute atomic E-state index is 12.0. The maximum Gasteiger partial charge on any atom is 2.00 e. The van der Waals surface area contributed by atoms with Crippen molar-refractivity contribution in [3.05, 3.63) is 150 Å². The zero-order chi connectivity index (χ0) is 38.8. The molecule has 8 aromatic rings. The van der Waals surface area contributed by atoms with Crippen molar-refractivity contribution in [2.45, 2.75) is 0 Å². The number of fused-ring (bicyclic) bond motifs is 4. The molecule has 0 atom stereocenters. The monoisotopic (exact) mass is 810 g/mol. The molecular formula is C48H34N4O5Zn+2. The summed E-state index contributed by atoms with van der Waals surface area (Å²) in [6.07, 6.45) is 8.28. The van der Waals surface area contributed by atoms with Gasteiger partial charge in [-0.2, -0.15) is 0 Å². The van der Waals surface area contributed by atoms with Gasteiger partial charge in [-0.05, 0) is 119 Å². The van der Waals surface area contributed by atoms with Crippen LogP contribution in [0.5, 0.6) is 17.2 Å². The van der Waals surface area contributed by atoms with E-state index in [2.05, 4.69) is 87.9 Å². The van der Waals surface area contributed by atoms with Crippen molar-refractivity contribution in [1.29, 1.82) is 0 Å². The van der Waals surface area contributed by atoms with E-state index in [-0.39, 0.29) is 25.0 Å². The van der Waals surface area contributed by atoms with Gasteiger partial charge in [-0.25, -0.2) is 23.8 Å². The van der Waals surface area contributed by atoms with Gasteiger partial charge in [-0.3, -0.25) is 0 Å². The van der Waals surface area contributed by atoms with E-state index in [4.69, 9.17) is 24.2 Å². The minimum atomic E-state index is -0.985. The molecule has 4 aromatic carbocycles. The second-order valence-electron chi connectivity index (χ2n) is 13.8. The molecule has 2 aliphatic rings. The first-order valence-corrected chi connectivity index (χ1v) is 18.4. The zero-order valence-electron chi connectivity index (χ0n) is 31.9. The Morgan fingerprint density at radius 2 is 0.690 bits per heavy atom. The summed E-state index contributed by atoms with van der Waals surface area (Å²) < 4.78 is 21.3. The number of methoxy groups -OCH3 is 3. The van der Waals surface area contributed by atoms with E-state index in [1.807, 2.05) is 54.6 Å². The minimum absolute atomic E-state index is 0. The number of nitrogens with zero attached hydrogens (tertiary/aromatic N) is 4. The Balaban J connectivity index is 0.00000436. The summed E-state index contributed by atoms with van der Waals surface area (Å²) in [4.78, 5) is 22.7. The molecule has 0 unspecified atom stereocenters. The van der Waals surface area contributed by atoms with Crippen LogP contribution in [0.15, 0.2) is 121 Å². The van der Waals surface area contributed by atoms with E-state index >= 15 is 0 Å². The molecule has 0 spiro atoms. The Morgan fingerprint density at radius 1 is 0.431 bits per heavy atom. The number of carboxylic acids is 1. The van der Waals surface area contributed by atoms with Crippen molar-refractivity contribution in [3.63, 3.8) is 0 Å². The third-order valence-corrected chi connectivity index (χ3v) is 10.8. The van der Waals surface area contributed by atoms with Gasteiger partial charge < -0.3 is 19.3 Å². The van der Waals surface area contributed by atoms with E-state index in [0.29, 0.717) is 0 Å². The van der Waals surface area contributed by atoms with Gasteiger partial charge in [0.2, 0.25) is 0 Å². The van der Waals surface area contributed by atoms with Gasteiger partial charge in [0.15, 0.2) is 0 Å². The summed E-state index contributed by atoms with van der Waals surface area (Å²) in [7, 11) is 5.00. The fraction of sp³-hybridized carbons (Fsp3) is 0.0625. The second-order valence-corrected chi connectivity index (χ2v) is 13.8. The van der Waals surface area contributed by atoms with Crippen LogP contribution in [0.3, 0.4) is 0 Å². The molecule has 1 N–H and O–H groups in total. The fourth-order valence-electron chi connectivity index (χ4n) is 8.09. The Morgan fingerprint density at radius 3 is 0.931 bits per heavy atom. The standard InChI is InChI=1S/C48H34N4O5.Zn/c1-55-33-14-8-29(9-15-33)45-37-21-20-36(49-37)44(28-4-6-32(7-5-28)48(53)54)40-24-25-41-46(30-10-16-34(56-2)17-11-30)38-22-23-39(50-38)47(31-12-18-35(57-3)19-13-31)43-27-26-42(45)52(43)51(40)41;/h4-27H,1-3H3,(H,53,54);/q;+2. The van der Waals surface area contributed by atoms with Crippen LogP contribution in [0.4, 0.5) is 0 Å². The Kier molecular flexibility index (Phi) is 9.14. The van der Waals surface area contributed by atoms with Gasteiger partial charge in [0.05, 0.1) is 71.7 Å². The number of hydrogen-bond donors (Lipinski definition) is 1. The average Bonchev–Trinajstić information content (AvgIpc) is 4.08. The number of carboxylic acid groups (broad SMARTS) is 1. The predicted octanol–water partition coefficient (Wildman–Crippen LogP) is 10.6. The molecule has 4 bridgehead atoms. The van der Waals surface area contributed by atoms with Crippen LogP contribution < -0.4 is 14.2 Å². The Bertz CT molecular complexity index is 3010. The van der Waals surface area contributed by atoms with Crippen molar-refractivity contribution in [1.82, 2.24) is 19.0 Å². The molecule has 6 heterocycles. The van der Waals surface area contributed by atoms with Gasteiger partial charge in [0.25, 0.3) is 0 Å². The van der Waals surface area contributed by atoms with Crippen LogP contribution in [0.2, 0.25) is 0 Å². The van der Waals surface area contributed by atoms with Crippen LogP contribution in [0, 0.1) is 0 Å². The molecular weight excluding hydrogens is 778 g/mol. The summed E-state index contributed by atoms with van der Waals surface area (Å²) in [5, 5.41) is 9.82. The number of rotatable bonds is 8. The second kappa shape index (κ2) is 14.5. The van der Waals surface area contributed by atoms with Crippen LogP contribution in [-0.2, 0) is 19.5 Å². The molecule has 0 saturated heterocycles. The molecule has 0 amide bonds. The van der Waals surface area contributed by atoms with Crippen LogP contribution in [-0.4, -0.2) is 51.4 Å². The molecule has 0 aliphatic carbocycles. The number of benzene rings is 4. The van der Waals surface area contributed by atoms with Crippen molar-refractivity contribution in [2.75, 3.05) is 21.3 Å². The summed E-state index contributed by atoms with van der Waals surface area (Å²) in [5.41, 5.74) is 14.3. The Labute approximate surface area is 346 Å².